The Kier molecular flexibility index (Phi) is 3.24. The smallest absolute Gasteiger partial charge is 0.307 e. The molecule has 1 aromatic carbocycles. The first-order chi connectivity index (χ1) is 9.54. The van der Waals surface area contributed by atoms with Crippen LogP contribution in [0.3, 0.4) is 0 Å². The molecule has 1 fully saturated rings. The molecule has 0 aliphatic heterocycles. The quantitative estimate of drug-likeness (QED) is 0.909. The van der Waals surface area contributed by atoms with E-state index in [9.17, 15) is 4.79 Å². The molecule has 0 saturated heterocycles. The second-order valence-electron chi connectivity index (χ2n) is 6.14. The van der Waals surface area contributed by atoms with E-state index in [-0.39, 0.29) is 6.42 Å². The molecule has 1 heterocycles. The lowest BCUT2D eigenvalue weighted by Crippen LogP contribution is -2.07. The molecule has 20 heavy (non-hydrogen) atoms. The van der Waals surface area contributed by atoms with E-state index in [2.05, 4.69) is 18.4 Å². The van der Waals surface area contributed by atoms with Crippen LogP contribution in [0.25, 0.3) is 11.0 Å². The van der Waals surface area contributed by atoms with E-state index in [1.807, 2.05) is 18.2 Å². The van der Waals surface area contributed by atoms with Crippen LogP contribution in [0.2, 0.25) is 0 Å². The molecule has 0 radical (unpaired) electrons. The maximum Gasteiger partial charge on any atom is 0.307 e. The fraction of sp³-hybridized carbons (Fsp3) is 0.500. The van der Waals surface area contributed by atoms with Crippen molar-refractivity contribution in [2.24, 2.45) is 5.92 Å². The average molecular weight is 272 g/mol. The van der Waals surface area contributed by atoms with Crippen molar-refractivity contribution in [3.05, 3.63) is 29.6 Å². The molecule has 0 unspecified atom stereocenters. The van der Waals surface area contributed by atoms with Crippen molar-refractivity contribution < 1.29 is 9.90 Å². The topological polar surface area (TPSA) is 55.1 Å². The molecule has 3 rings (SSSR count). The molecule has 1 aliphatic carbocycles. The highest BCUT2D eigenvalue weighted by molar-refractivity contribution is 5.79. The first-order valence-corrected chi connectivity index (χ1v) is 7.25. The highest BCUT2D eigenvalue weighted by Crippen LogP contribution is 2.41. The van der Waals surface area contributed by atoms with E-state index in [4.69, 9.17) is 10.1 Å². The summed E-state index contributed by atoms with van der Waals surface area (Å²) in [6.07, 6.45) is 2.51. The van der Waals surface area contributed by atoms with Crippen LogP contribution in [0, 0.1) is 5.92 Å². The van der Waals surface area contributed by atoms with Crippen LogP contribution >= 0.6 is 0 Å². The van der Waals surface area contributed by atoms with Gasteiger partial charge in [0.25, 0.3) is 0 Å². The fourth-order valence-electron chi connectivity index (χ4n) is 2.69. The van der Waals surface area contributed by atoms with Gasteiger partial charge in [-0.3, -0.25) is 4.79 Å². The van der Waals surface area contributed by atoms with Gasteiger partial charge < -0.3 is 9.67 Å². The molecular weight excluding hydrogens is 252 g/mol. The van der Waals surface area contributed by atoms with Gasteiger partial charge in [0.1, 0.15) is 5.82 Å². The molecule has 1 N–H and O–H groups in total. The zero-order chi connectivity index (χ0) is 14.3. The summed E-state index contributed by atoms with van der Waals surface area (Å²) in [7, 11) is 0. The second kappa shape index (κ2) is 4.93. The van der Waals surface area contributed by atoms with Gasteiger partial charge in [-0.25, -0.2) is 4.98 Å². The number of rotatable bonds is 5. The van der Waals surface area contributed by atoms with Crippen molar-refractivity contribution >= 4 is 17.0 Å². The Morgan fingerprint density at radius 3 is 2.80 bits per heavy atom. The van der Waals surface area contributed by atoms with Gasteiger partial charge in [0.05, 0.1) is 17.5 Å². The van der Waals surface area contributed by atoms with Gasteiger partial charge in [0.15, 0.2) is 0 Å². The number of benzene rings is 1. The summed E-state index contributed by atoms with van der Waals surface area (Å²) in [6, 6.07) is 5.85. The molecule has 2 aromatic rings. The number of fused-ring (bicyclic) bond motifs is 1. The van der Waals surface area contributed by atoms with Crippen LogP contribution in [-0.2, 0) is 17.8 Å². The van der Waals surface area contributed by atoms with Crippen LogP contribution in [0.5, 0.6) is 0 Å². The van der Waals surface area contributed by atoms with Gasteiger partial charge in [0.2, 0.25) is 0 Å². The number of carboxylic acids is 1. The maximum absolute atomic E-state index is 10.8. The van der Waals surface area contributed by atoms with Gasteiger partial charge in [0, 0.05) is 12.5 Å². The zero-order valence-corrected chi connectivity index (χ0v) is 12.0. The Hall–Kier alpha value is -1.84. The van der Waals surface area contributed by atoms with E-state index in [1.54, 1.807) is 0 Å². The van der Waals surface area contributed by atoms with E-state index in [0.29, 0.717) is 11.8 Å². The number of imidazole rings is 1. The normalized spacial score (nSPS) is 15.2. The van der Waals surface area contributed by atoms with E-state index >= 15 is 0 Å². The van der Waals surface area contributed by atoms with Gasteiger partial charge in [-0.1, -0.05) is 19.9 Å². The lowest BCUT2D eigenvalue weighted by Gasteiger charge is -2.11. The lowest BCUT2D eigenvalue weighted by atomic mass is 10.1. The summed E-state index contributed by atoms with van der Waals surface area (Å²) in [5.41, 5.74) is 2.89. The second-order valence-corrected chi connectivity index (χ2v) is 6.14. The summed E-state index contributed by atoms with van der Waals surface area (Å²) in [5.74, 6) is 1.56. The van der Waals surface area contributed by atoms with Crippen LogP contribution in [0.15, 0.2) is 18.2 Å². The highest BCUT2D eigenvalue weighted by Gasteiger charge is 2.29. The van der Waals surface area contributed by atoms with Crippen molar-refractivity contribution in [2.75, 3.05) is 0 Å². The predicted octanol–water partition coefficient (Wildman–Crippen LogP) is 3.20. The van der Waals surface area contributed by atoms with Crippen molar-refractivity contribution in [3.8, 4) is 0 Å². The third-order valence-electron chi connectivity index (χ3n) is 3.69. The Morgan fingerprint density at radius 1 is 1.45 bits per heavy atom. The minimum Gasteiger partial charge on any atom is -0.481 e. The molecule has 1 aliphatic rings. The molecule has 0 amide bonds. The molecular formula is C16H20N2O2. The SMILES string of the molecule is CC(C)Cn1c(C2CC2)nc2cc(CC(=O)O)ccc21. The number of hydrogen-bond donors (Lipinski definition) is 1. The summed E-state index contributed by atoms with van der Waals surface area (Å²) < 4.78 is 2.32. The number of aromatic nitrogens is 2. The third-order valence-corrected chi connectivity index (χ3v) is 3.69. The van der Waals surface area contributed by atoms with Gasteiger partial charge in [-0.05, 0) is 36.5 Å². The van der Waals surface area contributed by atoms with E-state index in [0.717, 1.165) is 23.1 Å². The number of nitrogens with zero attached hydrogens (tertiary/aromatic N) is 2. The third kappa shape index (κ3) is 2.55. The standard InChI is InChI=1S/C16H20N2O2/c1-10(2)9-18-14-6-3-11(8-15(19)20)7-13(14)17-16(18)12-4-5-12/h3,6-7,10,12H,4-5,8-9H2,1-2H3,(H,19,20). The monoisotopic (exact) mass is 272 g/mol. The Labute approximate surface area is 118 Å². The maximum atomic E-state index is 10.8. The van der Waals surface area contributed by atoms with Crippen LogP contribution in [0.1, 0.15) is 44.0 Å². The first-order valence-electron chi connectivity index (χ1n) is 7.25. The summed E-state index contributed by atoms with van der Waals surface area (Å²) in [5, 5.41) is 8.89. The van der Waals surface area contributed by atoms with Crippen molar-refractivity contribution in [1.29, 1.82) is 0 Å². The number of aliphatic carboxylic acids is 1. The number of hydrogen-bond acceptors (Lipinski definition) is 2. The first kappa shape index (κ1) is 13.2. The summed E-state index contributed by atoms with van der Waals surface area (Å²) in [4.78, 5) is 15.6. The average Bonchev–Trinajstić information content (AvgIpc) is 3.13. The van der Waals surface area contributed by atoms with Crippen molar-refractivity contribution in [3.63, 3.8) is 0 Å². The van der Waals surface area contributed by atoms with Gasteiger partial charge in [-0.2, -0.15) is 0 Å². The van der Waals surface area contributed by atoms with Gasteiger partial charge >= 0.3 is 5.97 Å². The summed E-state index contributed by atoms with van der Waals surface area (Å²) >= 11 is 0. The zero-order valence-electron chi connectivity index (χ0n) is 12.0. The largest absolute Gasteiger partial charge is 0.481 e. The molecule has 106 valence electrons. The minimum atomic E-state index is -0.798. The molecule has 0 bridgehead atoms. The Bertz CT molecular complexity index is 654. The molecule has 4 heteroatoms. The molecule has 1 saturated carbocycles. The molecule has 0 atom stereocenters. The van der Waals surface area contributed by atoms with Crippen LogP contribution in [-0.4, -0.2) is 20.6 Å². The van der Waals surface area contributed by atoms with Crippen molar-refractivity contribution in [2.45, 2.75) is 45.6 Å². The van der Waals surface area contributed by atoms with E-state index < -0.39 is 5.97 Å². The number of carboxylic acid groups (broad SMARTS) is 1. The van der Waals surface area contributed by atoms with Crippen LogP contribution in [0.4, 0.5) is 0 Å². The van der Waals surface area contributed by atoms with Crippen LogP contribution < -0.4 is 0 Å². The molecule has 4 nitrogen and oxygen atoms in total. The minimum absolute atomic E-state index is 0.0613. The van der Waals surface area contributed by atoms with Crippen molar-refractivity contribution in [1.82, 2.24) is 9.55 Å². The molecule has 1 aromatic heterocycles. The van der Waals surface area contributed by atoms with Gasteiger partial charge in [-0.15, -0.1) is 0 Å². The fourth-order valence-corrected chi connectivity index (χ4v) is 2.69. The Morgan fingerprint density at radius 2 is 2.20 bits per heavy atom. The molecule has 0 spiro atoms. The number of carbonyl (C=O) groups is 1. The lowest BCUT2D eigenvalue weighted by molar-refractivity contribution is -0.136. The van der Waals surface area contributed by atoms with E-state index in [1.165, 1.54) is 18.7 Å². The summed E-state index contributed by atoms with van der Waals surface area (Å²) in [6.45, 7) is 5.39. The Balaban J connectivity index is 2.05. The highest BCUT2D eigenvalue weighted by atomic mass is 16.4. The predicted molar refractivity (Wildman–Crippen MR) is 77.9 cm³/mol.